The maximum Gasteiger partial charge on any atom is 0.190 e. The largest absolute Gasteiger partial charge is 0.359 e. The van der Waals surface area contributed by atoms with Crippen LogP contribution in [0.25, 0.3) is 0 Å². The Morgan fingerprint density at radius 1 is 1.50 bits per heavy atom. The molecular formula is C11H15IN4. The van der Waals surface area contributed by atoms with Crippen LogP contribution < -0.4 is 10.6 Å². The molecule has 5 heteroatoms. The first-order chi connectivity index (χ1) is 7.30. The Labute approximate surface area is 113 Å². The Bertz CT molecular complexity index is 395. The topological polar surface area (TPSA) is 60.2 Å². The molecule has 0 saturated heterocycles. The molecule has 0 radical (unpaired) electrons. The molecule has 0 aliphatic rings. The Hall–Kier alpha value is -1.29. The summed E-state index contributed by atoms with van der Waals surface area (Å²) in [5.74, 6) is 0.734. The first-order valence-electron chi connectivity index (χ1n) is 4.67. The van der Waals surface area contributed by atoms with Gasteiger partial charge in [0, 0.05) is 20.6 Å². The number of nitrogens with zero attached hydrogens (tertiary/aromatic N) is 2. The molecule has 1 aromatic rings. The van der Waals surface area contributed by atoms with E-state index in [-0.39, 0.29) is 24.0 Å². The summed E-state index contributed by atoms with van der Waals surface area (Å²) in [4.78, 5) is 3.99. The van der Waals surface area contributed by atoms with Crippen LogP contribution in [-0.4, -0.2) is 20.1 Å². The third kappa shape index (κ3) is 4.49. The van der Waals surface area contributed by atoms with Crippen LogP contribution in [0.4, 0.5) is 0 Å². The van der Waals surface area contributed by atoms with Crippen LogP contribution in [0.2, 0.25) is 0 Å². The average molecular weight is 330 g/mol. The number of benzene rings is 1. The van der Waals surface area contributed by atoms with Gasteiger partial charge in [-0.3, -0.25) is 4.99 Å². The van der Waals surface area contributed by atoms with E-state index in [4.69, 9.17) is 5.26 Å². The summed E-state index contributed by atoms with van der Waals surface area (Å²) >= 11 is 0. The Morgan fingerprint density at radius 3 is 2.81 bits per heavy atom. The van der Waals surface area contributed by atoms with E-state index in [9.17, 15) is 0 Å². The van der Waals surface area contributed by atoms with Crippen molar-refractivity contribution in [3.8, 4) is 6.07 Å². The molecule has 0 spiro atoms. The van der Waals surface area contributed by atoms with Crippen molar-refractivity contribution in [1.29, 1.82) is 5.26 Å². The second kappa shape index (κ2) is 7.93. The summed E-state index contributed by atoms with van der Waals surface area (Å²) in [5.41, 5.74) is 1.74. The van der Waals surface area contributed by atoms with E-state index < -0.39 is 0 Å². The highest BCUT2D eigenvalue weighted by Crippen LogP contribution is 2.03. The highest BCUT2D eigenvalue weighted by atomic mass is 127. The fraction of sp³-hybridized carbons (Fsp3) is 0.273. The molecule has 0 aliphatic heterocycles. The van der Waals surface area contributed by atoms with Gasteiger partial charge in [0.1, 0.15) is 0 Å². The van der Waals surface area contributed by atoms with Crippen LogP contribution in [0.3, 0.4) is 0 Å². The van der Waals surface area contributed by atoms with Gasteiger partial charge in [-0.05, 0) is 17.7 Å². The van der Waals surface area contributed by atoms with Crippen LogP contribution in [0.5, 0.6) is 0 Å². The normalized spacial score (nSPS) is 9.94. The van der Waals surface area contributed by atoms with Gasteiger partial charge >= 0.3 is 0 Å². The summed E-state index contributed by atoms with van der Waals surface area (Å²) in [6.45, 7) is 0.656. The zero-order valence-corrected chi connectivity index (χ0v) is 11.6. The molecule has 4 nitrogen and oxygen atoms in total. The number of aliphatic imine (C=N–C) groups is 1. The van der Waals surface area contributed by atoms with Crippen molar-refractivity contribution < 1.29 is 0 Å². The van der Waals surface area contributed by atoms with E-state index in [1.54, 1.807) is 20.2 Å². The molecule has 0 heterocycles. The predicted molar refractivity (Wildman–Crippen MR) is 75.8 cm³/mol. The second-order valence-corrected chi connectivity index (χ2v) is 2.99. The quantitative estimate of drug-likeness (QED) is 0.490. The van der Waals surface area contributed by atoms with Crippen molar-refractivity contribution in [3.63, 3.8) is 0 Å². The molecular weight excluding hydrogens is 315 g/mol. The molecule has 0 atom stereocenters. The first-order valence-corrected chi connectivity index (χ1v) is 4.67. The van der Waals surface area contributed by atoms with Crippen molar-refractivity contribution in [3.05, 3.63) is 35.4 Å². The van der Waals surface area contributed by atoms with E-state index in [2.05, 4.69) is 21.7 Å². The van der Waals surface area contributed by atoms with E-state index in [0.29, 0.717) is 12.1 Å². The highest BCUT2D eigenvalue weighted by Gasteiger charge is 1.96. The van der Waals surface area contributed by atoms with Crippen molar-refractivity contribution in [2.75, 3.05) is 14.1 Å². The second-order valence-electron chi connectivity index (χ2n) is 2.99. The Balaban J connectivity index is 0.00000225. The molecule has 86 valence electrons. The van der Waals surface area contributed by atoms with Gasteiger partial charge in [0.15, 0.2) is 5.96 Å². The number of nitrogens with one attached hydrogen (secondary N) is 2. The Morgan fingerprint density at radius 2 is 2.25 bits per heavy atom. The maximum absolute atomic E-state index is 8.73. The summed E-state index contributed by atoms with van der Waals surface area (Å²) in [7, 11) is 3.52. The SMILES string of the molecule is CN=C(NC)NCc1cccc(C#N)c1.I. The molecule has 0 bridgehead atoms. The lowest BCUT2D eigenvalue weighted by molar-refractivity contribution is 0.866. The van der Waals surface area contributed by atoms with Crippen molar-refractivity contribution in [2.45, 2.75) is 6.54 Å². The Kier molecular flexibility index (Phi) is 7.29. The lowest BCUT2D eigenvalue weighted by Crippen LogP contribution is -2.34. The fourth-order valence-corrected chi connectivity index (χ4v) is 1.22. The smallest absolute Gasteiger partial charge is 0.190 e. The maximum atomic E-state index is 8.73. The van der Waals surface area contributed by atoms with Gasteiger partial charge in [0.2, 0.25) is 0 Å². The summed E-state index contributed by atoms with van der Waals surface area (Å²) in [6.07, 6.45) is 0. The minimum atomic E-state index is 0. The lowest BCUT2D eigenvalue weighted by atomic mass is 10.1. The first kappa shape index (κ1) is 14.7. The molecule has 0 aliphatic carbocycles. The standard InChI is InChI=1S/C11H14N4.HI/c1-13-11(14-2)15-8-10-5-3-4-9(6-10)7-12;/h3-6H,8H2,1-2H3,(H2,13,14,15);1H. The van der Waals surface area contributed by atoms with Gasteiger partial charge < -0.3 is 10.6 Å². The van der Waals surface area contributed by atoms with Gasteiger partial charge in [0.25, 0.3) is 0 Å². The third-order valence-electron chi connectivity index (χ3n) is 1.98. The molecule has 0 amide bonds. The van der Waals surface area contributed by atoms with E-state index >= 15 is 0 Å². The fourth-order valence-electron chi connectivity index (χ4n) is 1.22. The molecule has 0 saturated carbocycles. The molecule has 2 N–H and O–H groups in total. The zero-order chi connectivity index (χ0) is 11.1. The molecule has 0 unspecified atom stereocenters. The van der Waals surface area contributed by atoms with Crippen LogP contribution in [-0.2, 0) is 6.54 Å². The molecule has 1 aromatic carbocycles. The van der Waals surface area contributed by atoms with Crippen molar-refractivity contribution in [1.82, 2.24) is 10.6 Å². The summed E-state index contributed by atoms with van der Waals surface area (Å²) in [6, 6.07) is 9.60. The third-order valence-corrected chi connectivity index (χ3v) is 1.98. The number of nitriles is 1. The van der Waals surface area contributed by atoms with Gasteiger partial charge in [0.05, 0.1) is 11.6 Å². The van der Waals surface area contributed by atoms with Crippen LogP contribution in [0, 0.1) is 11.3 Å². The van der Waals surface area contributed by atoms with E-state index in [1.807, 2.05) is 18.2 Å². The minimum absolute atomic E-state index is 0. The van der Waals surface area contributed by atoms with Crippen molar-refractivity contribution >= 4 is 29.9 Å². The number of rotatable bonds is 2. The molecule has 0 fully saturated rings. The van der Waals surface area contributed by atoms with Gasteiger partial charge in [-0.25, -0.2) is 0 Å². The van der Waals surface area contributed by atoms with Crippen molar-refractivity contribution in [2.24, 2.45) is 4.99 Å². The molecule has 0 aromatic heterocycles. The van der Waals surface area contributed by atoms with E-state index in [0.717, 1.165) is 11.5 Å². The monoisotopic (exact) mass is 330 g/mol. The minimum Gasteiger partial charge on any atom is -0.359 e. The number of hydrogen-bond donors (Lipinski definition) is 2. The molecule has 16 heavy (non-hydrogen) atoms. The number of halogens is 1. The number of guanidine groups is 1. The highest BCUT2D eigenvalue weighted by molar-refractivity contribution is 14.0. The number of hydrogen-bond acceptors (Lipinski definition) is 2. The van der Waals surface area contributed by atoms with Crippen LogP contribution in [0.15, 0.2) is 29.3 Å². The van der Waals surface area contributed by atoms with E-state index in [1.165, 1.54) is 0 Å². The zero-order valence-electron chi connectivity index (χ0n) is 9.32. The average Bonchev–Trinajstić information content (AvgIpc) is 2.31. The van der Waals surface area contributed by atoms with Crippen LogP contribution in [0.1, 0.15) is 11.1 Å². The lowest BCUT2D eigenvalue weighted by Gasteiger charge is -2.08. The summed E-state index contributed by atoms with van der Waals surface area (Å²) in [5, 5.41) is 14.8. The van der Waals surface area contributed by atoms with Crippen LogP contribution >= 0.6 is 24.0 Å². The van der Waals surface area contributed by atoms with Gasteiger partial charge in [-0.2, -0.15) is 5.26 Å². The molecule has 1 rings (SSSR count). The summed E-state index contributed by atoms with van der Waals surface area (Å²) < 4.78 is 0. The van der Waals surface area contributed by atoms with Gasteiger partial charge in [-0.15, -0.1) is 24.0 Å². The van der Waals surface area contributed by atoms with Gasteiger partial charge in [-0.1, -0.05) is 12.1 Å². The predicted octanol–water partition coefficient (Wildman–Crippen LogP) is 1.47.